The molecule has 0 bridgehead atoms. The topological polar surface area (TPSA) is 66.5 Å². The number of aromatic nitrogens is 1. The summed E-state index contributed by atoms with van der Waals surface area (Å²) in [6, 6.07) is 3.60. The molecule has 19 heavy (non-hydrogen) atoms. The summed E-state index contributed by atoms with van der Waals surface area (Å²) in [5, 5.41) is 5.04. The van der Waals surface area contributed by atoms with E-state index in [1.54, 1.807) is 12.3 Å². The van der Waals surface area contributed by atoms with E-state index in [0.717, 1.165) is 31.9 Å². The molecule has 2 rings (SSSR count). The molecule has 1 saturated heterocycles. The van der Waals surface area contributed by atoms with E-state index in [-0.39, 0.29) is 5.91 Å². The lowest BCUT2D eigenvalue weighted by atomic mass is 10.2. The van der Waals surface area contributed by atoms with Gasteiger partial charge in [-0.3, -0.25) is 10.2 Å². The van der Waals surface area contributed by atoms with Crippen LogP contribution in [0.3, 0.4) is 0 Å². The van der Waals surface area contributed by atoms with Crippen LogP contribution in [0, 0.1) is 0 Å². The zero-order valence-corrected chi connectivity index (χ0v) is 11.2. The summed E-state index contributed by atoms with van der Waals surface area (Å²) in [5.41, 5.74) is 3.42. The second-order valence-corrected chi connectivity index (χ2v) is 4.40. The van der Waals surface area contributed by atoms with Gasteiger partial charge in [-0.25, -0.2) is 9.99 Å². The van der Waals surface area contributed by atoms with Crippen molar-refractivity contribution < 1.29 is 9.53 Å². The number of carbonyl (C=O) groups excluding carboxylic acids is 1. The minimum atomic E-state index is -0.128. The molecule has 0 unspecified atom stereocenters. The molecular formula is C13H20N4O2. The number of ether oxygens (including phenoxy) is 1. The fourth-order valence-corrected chi connectivity index (χ4v) is 1.77. The van der Waals surface area contributed by atoms with Gasteiger partial charge in [-0.15, -0.1) is 0 Å². The van der Waals surface area contributed by atoms with Gasteiger partial charge in [0.25, 0.3) is 5.91 Å². The molecule has 1 aliphatic heterocycles. The standard InChI is InChI=1S/C13H20N4O2/c1-2-5-14-12-4-3-11(10-15-12)13(18)16-17-6-8-19-9-7-17/h3-4,10H,2,5-9H2,1H3,(H,14,15)(H,16,18). The van der Waals surface area contributed by atoms with E-state index in [2.05, 4.69) is 22.7 Å². The second kappa shape index (κ2) is 7.06. The number of carbonyl (C=O) groups is 1. The Labute approximate surface area is 113 Å². The van der Waals surface area contributed by atoms with E-state index >= 15 is 0 Å². The number of amides is 1. The van der Waals surface area contributed by atoms with Crippen molar-refractivity contribution in [2.45, 2.75) is 13.3 Å². The van der Waals surface area contributed by atoms with Crippen LogP contribution in [0.15, 0.2) is 18.3 Å². The van der Waals surface area contributed by atoms with Crippen LogP contribution in [-0.4, -0.2) is 48.7 Å². The van der Waals surface area contributed by atoms with Crippen molar-refractivity contribution in [3.05, 3.63) is 23.9 Å². The zero-order valence-electron chi connectivity index (χ0n) is 11.2. The Kier molecular flexibility index (Phi) is 5.11. The van der Waals surface area contributed by atoms with Gasteiger partial charge in [0.05, 0.1) is 18.8 Å². The molecule has 0 radical (unpaired) electrons. The van der Waals surface area contributed by atoms with E-state index in [1.807, 2.05) is 11.1 Å². The van der Waals surface area contributed by atoms with Gasteiger partial charge in [0, 0.05) is 25.8 Å². The maximum absolute atomic E-state index is 12.0. The summed E-state index contributed by atoms with van der Waals surface area (Å²) in [6.07, 6.45) is 2.63. The molecule has 1 fully saturated rings. The van der Waals surface area contributed by atoms with Gasteiger partial charge in [-0.2, -0.15) is 0 Å². The lowest BCUT2D eigenvalue weighted by Gasteiger charge is -2.26. The van der Waals surface area contributed by atoms with Crippen molar-refractivity contribution in [3.63, 3.8) is 0 Å². The average Bonchev–Trinajstić information content (AvgIpc) is 2.46. The Bertz CT molecular complexity index is 402. The van der Waals surface area contributed by atoms with Crippen molar-refractivity contribution >= 4 is 11.7 Å². The van der Waals surface area contributed by atoms with E-state index < -0.39 is 0 Å². The SMILES string of the molecule is CCCNc1ccc(C(=O)NN2CCOCC2)cn1. The first-order valence-corrected chi connectivity index (χ1v) is 6.63. The monoisotopic (exact) mass is 264 g/mol. The number of hydrazine groups is 1. The Morgan fingerprint density at radius 2 is 2.21 bits per heavy atom. The lowest BCUT2D eigenvalue weighted by molar-refractivity contribution is 0.0126. The number of hydrogen-bond donors (Lipinski definition) is 2. The van der Waals surface area contributed by atoms with Gasteiger partial charge in [0.1, 0.15) is 5.82 Å². The van der Waals surface area contributed by atoms with Crippen molar-refractivity contribution in [2.24, 2.45) is 0 Å². The first-order chi connectivity index (χ1) is 9.29. The third-order valence-corrected chi connectivity index (χ3v) is 2.85. The van der Waals surface area contributed by atoms with E-state index in [9.17, 15) is 4.79 Å². The normalized spacial score (nSPS) is 16.1. The molecule has 0 saturated carbocycles. The van der Waals surface area contributed by atoms with Crippen LogP contribution in [0.4, 0.5) is 5.82 Å². The van der Waals surface area contributed by atoms with Crippen LogP contribution in [0.5, 0.6) is 0 Å². The van der Waals surface area contributed by atoms with Gasteiger partial charge >= 0.3 is 0 Å². The number of nitrogens with zero attached hydrogens (tertiary/aromatic N) is 2. The Hall–Kier alpha value is -1.66. The fraction of sp³-hybridized carbons (Fsp3) is 0.538. The summed E-state index contributed by atoms with van der Waals surface area (Å²) in [4.78, 5) is 16.2. The highest BCUT2D eigenvalue weighted by atomic mass is 16.5. The van der Waals surface area contributed by atoms with Crippen molar-refractivity contribution in [1.82, 2.24) is 15.4 Å². The van der Waals surface area contributed by atoms with Crippen LogP contribution in [0.1, 0.15) is 23.7 Å². The Balaban J connectivity index is 1.87. The molecule has 1 aromatic rings. The molecule has 0 atom stereocenters. The summed E-state index contributed by atoms with van der Waals surface area (Å²) in [5.74, 6) is 0.668. The summed E-state index contributed by atoms with van der Waals surface area (Å²) in [7, 11) is 0. The Morgan fingerprint density at radius 1 is 1.42 bits per heavy atom. The number of pyridine rings is 1. The number of morpholine rings is 1. The third-order valence-electron chi connectivity index (χ3n) is 2.85. The predicted molar refractivity (Wildman–Crippen MR) is 72.9 cm³/mol. The molecule has 1 amide bonds. The molecule has 2 heterocycles. The smallest absolute Gasteiger partial charge is 0.267 e. The van der Waals surface area contributed by atoms with Crippen LogP contribution < -0.4 is 10.7 Å². The average molecular weight is 264 g/mol. The van der Waals surface area contributed by atoms with Crippen LogP contribution >= 0.6 is 0 Å². The fourth-order valence-electron chi connectivity index (χ4n) is 1.77. The van der Waals surface area contributed by atoms with Gasteiger partial charge < -0.3 is 10.1 Å². The highest BCUT2D eigenvalue weighted by Gasteiger charge is 2.14. The minimum absolute atomic E-state index is 0.128. The van der Waals surface area contributed by atoms with Gasteiger partial charge in [0.2, 0.25) is 0 Å². The molecule has 0 aliphatic carbocycles. The van der Waals surface area contributed by atoms with E-state index in [4.69, 9.17) is 4.74 Å². The Morgan fingerprint density at radius 3 is 2.84 bits per heavy atom. The van der Waals surface area contributed by atoms with Crippen molar-refractivity contribution in [1.29, 1.82) is 0 Å². The number of nitrogens with one attached hydrogen (secondary N) is 2. The molecule has 6 nitrogen and oxygen atoms in total. The summed E-state index contributed by atoms with van der Waals surface area (Å²) < 4.78 is 5.23. The molecule has 104 valence electrons. The molecule has 0 aromatic carbocycles. The third kappa shape index (κ3) is 4.18. The van der Waals surface area contributed by atoms with Crippen molar-refractivity contribution in [2.75, 3.05) is 38.2 Å². The first kappa shape index (κ1) is 13.8. The van der Waals surface area contributed by atoms with Crippen molar-refractivity contribution in [3.8, 4) is 0 Å². The molecule has 0 spiro atoms. The molecule has 2 N–H and O–H groups in total. The first-order valence-electron chi connectivity index (χ1n) is 6.63. The molecule has 6 heteroatoms. The zero-order chi connectivity index (χ0) is 13.5. The molecule has 1 aliphatic rings. The highest BCUT2D eigenvalue weighted by molar-refractivity contribution is 5.93. The quantitative estimate of drug-likeness (QED) is 0.826. The molecular weight excluding hydrogens is 244 g/mol. The van der Waals surface area contributed by atoms with Crippen LogP contribution in [0.2, 0.25) is 0 Å². The highest BCUT2D eigenvalue weighted by Crippen LogP contribution is 2.05. The number of anilines is 1. The maximum Gasteiger partial charge on any atom is 0.267 e. The van der Waals surface area contributed by atoms with E-state index in [1.165, 1.54) is 0 Å². The summed E-state index contributed by atoms with van der Waals surface area (Å²) in [6.45, 7) is 5.71. The number of hydrogen-bond acceptors (Lipinski definition) is 5. The van der Waals surface area contributed by atoms with E-state index in [0.29, 0.717) is 18.8 Å². The molecule has 1 aromatic heterocycles. The van der Waals surface area contributed by atoms with Gasteiger partial charge in [-0.1, -0.05) is 6.92 Å². The second-order valence-electron chi connectivity index (χ2n) is 4.40. The summed E-state index contributed by atoms with van der Waals surface area (Å²) >= 11 is 0. The van der Waals surface area contributed by atoms with Gasteiger partial charge in [-0.05, 0) is 18.6 Å². The largest absolute Gasteiger partial charge is 0.379 e. The lowest BCUT2D eigenvalue weighted by Crippen LogP contribution is -2.48. The minimum Gasteiger partial charge on any atom is -0.379 e. The van der Waals surface area contributed by atoms with Crippen LogP contribution in [-0.2, 0) is 4.74 Å². The number of rotatable bonds is 5. The van der Waals surface area contributed by atoms with Gasteiger partial charge in [0.15, 0.2) is 0 Å². The predicted octanol–water partition coefficient (Wildman–Crippen LogP) is 0.880. The van der Waals surface area contributed by atoms with Crippen LogP contribution in [0.25, 0.3) is 0 Å². The maximum atomic E-state index is 12.0.